The first kappa shape index (κ1) is 14.3. The van der Waals surface area contributed by atoms with Gasteiger partial charge >= 0.3 is 0 Å². The second-order valence-corrected chi connectivity index (χ2v) is 5.20. The zero-order valence-corrected chi connectivity index (χ0v) is 11.9. The van der Waals surface area contributed by atoms with Crippen molar-refractivity contribution < 1.29 is 9.72 Å². The Morgan fingerprint density at radius 1 is 1.50 bits per heavy atom. The Balaban J connectivity index is 2.33. The molecule has 1 N–H and O–H groups in total. The van der Waals surface area contributed by atoms with Crippen LogP contribution >= 0.6 is 0 Å². The molecule has 1 aliphatic carbocycles. The first-order valence-electron chi connectivity index (χ1n) is 6.69. The summed E-state index contributed by atoms with van der Waals surface area (Å²) in [7, 11) is 3.34. The molecule has 1 unspecified atom stereocenters. The summed E-state index contributed by atoms with van der Waals surface area (Å²) in [5.74, 6) is 0.373. The van der Waals surface area contributed by atoms with Gasteiger partial charge in [0.15, 0.2) is 0 Å². The Labute approximate surface area is 117 Å². The molecule has 1 atom stereocenters. The third-order valence-electron chi connectivity index (χ3n) is 3.96. The smallest absolute Gasteiger partial charge is 0.293 e. The van der Waals surface area contributed by atoms with Crippen LogP contribution in [0.5, 0.6) is 0 Å². The Kier molecular flexibility index (Phi) is 3.92. The number of nitro benzene ring substituents is 1. The third-order valence-corrected chi connectivity index (χ3v) is 3.96. The summed E-state index contributed by atoms with van der Waals surface area (Å²) in [6, 6.07) is 4.72. The first-order chi connectivity index (χ1) is 9.47. The molecule has 20 heavy (non-hydrogen) atoms. The number of para-hydroxylation sites is 1. The maximum atomic E-state index is 12.5. The number of carbonyl (C=O) groups is 1. The molecule has 0 aliphatic heterocycles. The zero-order valence-electron chi connectivity index (χ0n) is 11.9. The molecule has 1 aromatic rings. The lowest BCUT2D eigenvalue weighted by molar-refractivity contribution is -0.384. The molecular formula is C14H19N3O3. The van der Waals surface area contributed by atoms with E-state index in [-0.39, 0.29) is 23.3 Å². The second kappa shape index (κ2) is 5.48. The monoisotopic (exact) mass is 277 g/mol. The Morgan fingerprint density at radius 2 is 2.15 bits per heavy atom. The van der Waals surface area contributed by atoms with Crippen molar-refractivity contribution in [2.45, 2.75) is 25.8 Å². The third kappa shape index (κ3) is 2.59. The number of nitrogens with one attached hydrogen (secondary N) is 1. The van der Waals surface area contributed by atoms with Crippen molar-refractivity contribution in [2.24, 2.45) is 5.92 Å². The SMILES string of the molecule is CNc1c(C(=O)N(C)C(C)C2CC2)cccc1[N+](=O)[O-]. The predicted octanol–water partition coefficient (Wildman–Crippen LogP) is 2.51. The van der Waals surface area contributed by atoms with Crippen LogP contribution in [-0.4, -0.2) is 35.9 Å². The van der Waals surface area contributed by atoms with Crippen LogP contribution in [-0.2, 0) is 0 Å². The van der Waals surface area contributed by atoms with Gasteiger partial charge in [-0.2, -0.15) is 0 Å². The highest BCUT2D eigenvalue weighted by Gasteiger charge is 2.34. The molecule has 1 fully saturated rings. The molecule has 1 aliphatic rings. The highest BCUT2D eigenvalue weighted by Crippen LogP contribution is 2.36. The van der Waals surface area contributed by atoms with Crippen LogP contribution in [0.25, 0.3) is 0 Å². The molecule has 1 amide bonds. The fraction of sp³-hybridized carbons (Fsp3) is 0.500. The lowest BCUT2D eigenvalue weighted by atomic mass is 10.1. The lowest BCUT2D eigenvalue weighted by Crippen LogP contribution is -2.36. The van der Waals surface area contributed by atoms with Crippen LogP contribution in [0.2, 0.25) is 0 Å². The van der Waals surface area contributed by atoms with Crippen LogP contribution < -0.4 is 5.32 Å². The van der Waals surface area contributed by atoms with E-state index < -0.39 is 4.92 Å². The summed E-state index contributed by atoms with van der Waals surface area (Å²) in [4.78, 5) is 24.8. The van der Waals surface area contributed by atoms with Crippen molar-refractivity contribution in [2.75, 3.05) is 19.4 Å². The van der Waals surface area contributed by atoms with Crippen LogP contribution in [0.1, 0.15) is 30.1 Å². The summed E-state index contributed by atoms with van der Waals surface area (Å²) in [6.07, 6.45) is 2.29. The Hall–Kier alpha value is -2.11. The average molecular weight is 277 g/mol. The number of amides is 1. The van der Waals surface area contributed by atoms with E-state index in [0.717, 1.165) is 12.8 Å². The van der Waals surface area contributed by atoms with Crippen LogP contribution in [0.3, 0.4) is 0 Å². The molecule has 108 valence electrons. The number of anilines is 1. The van der Waals surface area contributed by atoms with E-state index in [2.05, 4.69) is 5.32 Å². The molecule has 2 rings (SSSR count). The quantitative estimate of drug-likeness (QED) is 0.662. The molecule has 6 nitrogen and oxygen atoms in total. The lowest BCUT2D eigenvalue weighted by Gasteiger charge is -2.25. The number of nitrogens with zero attached hydrogens (tertiary/aromatic N) is 2. The minimum absolute atomic E-state index is 0.0779. The van der Waals surface area contributed by atoms with Gasteiger partial charge in [-0.15, -0.1) is 0 Å². The van der Waals surface area contributed by atoms with Gasteiger partial charge in [-0.3, -0.25) is 14.9 Å². The van der Waals surface area contributed by atoms with Crippen molar-refractivity contribution >= 4 is 17.3 Å². The number of rotatable bonds is 5. The fourth-order valence-electron chi connectivity index (χ4n) is 2.40. The predicted molar refractivity (Wildman–Crippen MR) is 76.9 cm³/mol. The van der Waals surface area contributed by atoms with Gasteiger partial charge in [0.05, 0.1) is 10.5 Å². The molecule has 0 bridgehead atoms. The molecule has 0 radical (unpaired) electrons. The maximum Gasteiger partial charge on any atom is 0.293 e. The van der Waals surface area contributed by atoms with Gasteiger partial charge in [0, 0.05) is 26.2 Å². The molecule has 1 saturated carbocycles. The van der Waals surface area contributed by atoms with E-state index in [1.165, 1.54) is 6.07 Å². The number of benzene rings is 1. The van der Waals surface area contributed by atoms with E-state index >= 15 is 0 Å². The van der Waals surface area contributed by atoms with E-state index in [9.17, 15) is 14.9 Å². The van der Waals surface area contributed by atoms with E-state index in [1.807, 2.05) is 6.92 Å². The normalized spacial score (nSPS) is 15.6. The first-order valence-corrected chi connectivity index (χ1v) is 6.69. The minimum atomic E-state index is -0.479. The maximum absolute atomic E-state index is 12.5. The zero-order chi connectivity index (χ0) is 14.9. The fourth-order valence-corrected chi connectivity index (χ4v) is 2.40. The van der Waals surface area contributed by atoms with Gasteiger partial charge < -0.3 is 10.2 Å². The van der Waals surface area contributed by atoms with Crippen molar-refractivity contribution in [3.8, 4) is 0 Å². The number of hydrogen-bond donors (Lipinski definition) is 1. The van der Waals surface area contributed by atoms with E-state index in [0.29, 0.717) is 11.5 Å². The molecule has 0 spiro atoms. The van der Waals surface area contributed by atoms with Crippen LogP contribution in [0.15, 0.2) is 18.2 Å². The Bertz CT molecular complexity index is 540. The van der Waals surface area contributed by atoms with E-state index in [4.69, 9.17) is 0 Å². The van der Waals surface area contributed by atoms with Crippen molar-refractivity contribution in [3.05, 3.63) is 33.9 Å². The number of carbonyl (C=O) groups excluding carboxylic acids is 1. The summed E-state index contributed by atoms with van der Waals surface area (Å²) in [6.45, 7) is 2.02. The van der Waals surface area contributed by atoms with Crippen molar-refractivity contribution in [1.29, 1.82) is 0 Å². The average Bonchev–Trinajstić information content (AvgIpc) is 3.28. The Morgan fingerprint density at radius 3 is 2.65 bits per heavy atom. The van der Waals surface area contributed by atoms with Gasteiger partial charge in [-0.05, 0) is 31.7 Å². The molecule has 6 heteroatoms. The summed E-state index contributed by atoms with van der Waals surface area (Å²) < 4.78 is 0. The molecule has 1 aromatic carbocycles. The summed E-state index contributed by atoms with van der Waals surface area (Å²) >= 11 is 0. The molecule has 0 aromatic heterocycles. The van der Waals surface area contributed by atoms with Gasteiger partial charge in [0.25, 0.3) is 11.6 Å². The molecular weight excluding hydrogens is 258 g/mol. The van der Waals surface area contributed by atoms with Crippen molar-refractivity contribution in [1.82, 2.24) is 4.90 Å². The standard InChI is InChI=1S/C14H19N3O3/c1-9(10-7-8-10)16(3)14(18)11-5-4-6-12(17(19)20)13(11)15-2/h4-6,9-10,15H,7-8H2,1-3H3. The summed E-state index contributed by atoms with van der Waals surface area (Å²) in [5.41, 5.74) is 0.542. The largest absolute Gasteiger partial charge is 0.382 e. The molecule has 0 heterocycles. The minimum Gasteiger partial charge on any atom is -0.382 e. The highest BCUT2D eigenvalue weighted by molar-refractivity contribution is 6.01. The number of hydrogen-bond acceptors (Lipinski definition) is 4. The van der Waals surface area contributed by atoms with Gasteiger partial charge in [-0.1, -0.05) is 6.07 Å². The van der Waals surface area contributed by atoms with Gasteiger partial charge in [0.2, 0.25) is 0 Å². The second-order valence-electron chi connectivity index (χ2n) is 5.20. The van der Waals surface area contributed by atoms with Crippen LogP contribution in [0.4, 0.5) is 11.4 Å². The van der Waals surface area contributed by atoms with Gasteiger partial charge in [-0.25, -0.2) is 0 Å². The topological polar surface area (TPSA) is 75.5 Å². The highest BCUT2D eigenvalue weighted by atomic mass is 16.6. The summed E-state index contributed by atoms with van der Waals surface area (Å²) in [5, 5.41) is 13.8. The number of nitro groups is 1. The van der Waals surface area contributed by atoms with Crippen molar-refractivity contribution in [3.63, 3.8) is 0 Å². The van der Waals surface area contributed by atoms with Crippen LogP contribution in [0, 0.1) is 16.0 Å². The van der Waals surface area contributed by atoms with Gasteiger partial charge in [0.1, 0.15) is 5.69 Å². The molecule has 0 saturated heterocycles. The van der Waals surface area contributed by atoms with E-state index in [1.54, 1.807) is 31.1 Å².